The van der Waals surface area contributed by atoms with Crippen molar-refractivity contribution in [1.82, 2.24) is 9.88 Å². The van der Waals surface area contributed by atoms with Crippen LogP contribution in [-0.2, 0) is 0 Å². The van der Waals surface area contributed by atoms with Crippen molar-refractivity contribution in [2.45, 2.75) is 6.42 Å². The predicted octanol–water partition coefficient (Wildman–Crippen LogP) is 1.45. The largest absolute Gasteiger partial charge is 0.481 e. The van der Waals surface area contributed by atoms with Gasteiger partial charge in [-0.3, -0.25) is 0 Å². The van der Waals surface area contributed by atoms with Gasteiger partial charge < -0.3 is 15.0 Å². The summed E-state index contributed by atoms with van der Waals surface area (Å²) in [4.78, 5) is 6.43. The van der Waals surface area contributed by atoms with Crippen molar-refractivity contribution in [3.8, 4) is 5.88 Å². The van der Waals surface area contributed by atoms with E-state index < -0.39 is 0 Å². The zero-order valence-corrected chi connectivity index (χ0v) is 9.66. The van der Waals surface area contributed by atoms with Gasteiger partial charge in [0.15, 0.2) is 0 Å². The second-order valence-corrected chi connectivity index (χ2v) is 3.65. The number of nitrogens with one attached hydrogen (secondary N) is 1. The van der Waals surface area contributed by atoms with Crippen molar-refractivity contribution >= 4 is 5.82 Å². The summed E-state index contributed by atoms with van der Waals surface area (Å²) in [6.07, 6.45) is 1.10. The molecule has 0 spiro atoms. The third-order valence-corrected chi connectivity index (χ3v) is 2.02. The van der Waals surface area contributed by atoms with Crippen molar-refractivity contribution in [2.75, 3.05) is 39.6 Å². The van der Waals surface area contributed by atoms with Crippen molar-refractivity contribution in [2.24, 2.45) is 0 Å². The van der Waals surface area contributed by atoms with Crippen molar-refractivity contribution in [3.63, 3.8) is 0 Å². The summed E-state index contributed by atoms with van der Waals surface area (Å²) in [6, 6.07) is 5.71. The fourth-order valence-corrected chi connectivity index (χ4v) is 1.24. The Labute approximate surface area is 91.3 Å². The third-order valence-electron chi connectivity index (χ3n) is 2.02. The normalized spacial score (nSPS) is 10.4. The number of pyridine rings is 1. The highest BCUT2D eigenvalue weighted by Crippen LogP contribution is 2.10. The van der Waals surface area contributed by atoms with E-state index >= 15 is 0 Å². The molecule has 15 heavy (non-hydrogen) atoms. The standard InChI is InChI=1S/C11H19N3O/c1-14(2)9-5-8-12-10-6-4-7-11(13-10)15-3/h4,6-7H,5,8-9H2,1-3H3,(H,12,13). The number of methoxy groups -OCH3 is 1. The van der Waals surface area contributed by atoms with Gasteiger partial charge in [0.1, 0.15) is 5.82 Å². The number of rotatable bonds is 6. The second-order valence-electron chi connectivity index (χ2n) is 3.65. The summed E-state index contributed by atoms with van der Waals surface area (Å²) < 4.78 is 5.04. The lowest BCUT2D eigenvalue weighted by atomic mass is 10.4. The van der Waals surface area contributed by atoms with E-state index in [1.807, 2.05) is 18.2 Å². The number of hydrogen-bond acceptors (Lipinski definition) is 4. The van der Waals surface area contributed by atoms with Crippen LogP contribution in [-0.4, -0.2) is 44.2 Å². The minimum Gasteiger partial charge on any atom is -0.481 e. The van der Waals surface area contributed by atoms with E-state index in [-0.39, 0.29) is 0 Å². The predicted molar refractivity (Wildman–Crippen MR) is 62.4 cm³/mol. The van der Waals surface area contributed by atoms with Gasteiger partial charge in [-0.05, 0) is 33.1 Å². The van der Waals surface area contributed by atoms with Gasteiger partial charge in [-0.2, -0.15) is 4.98 Å². The molecule has 0 radical (unpaired) electrons. The highest BCUT2D eigenvalue weighted by Gasteiger charge is 1.96. The van der Waals surface area contributed by atoms with E-state index in [0.29, 0.717) is 5.88 Å². The fraction of sp³-hybridized carbons (Fsp3) is 0.545. The maximum Gasteiger partial charge on any atom is 0.214 e. The monoisotopic (exact) mass is 209 g/mol. The molecule has 84 valence electrons. The number of ether oxygens (including phenoxy) is 1. The molecule has 0 amide bonds. The Morgan fingerprint density at radius 3 is 2.87 bits per heavy atom. The number of hydrogen-bond donors (Lipinski definition) is 1. The molecule has 0 bridgehead atoms. The van der Waals surface area contributed by atoms with Crippen LogP contribution >= 0.6 is 0 Å². The van der Waals surface area contributed by atoms with Crippen LogP contribution in [0.5, 0.6) is 5.88 Å². The van der Waals surface area contributed by atoms with Gasteiger partial charge in [0.05, 0.1) is 7.11 Å². The van der Waals surface area contributed by atoms with Gasteiger partial charge in [0.2, 0.25) is 5.88 Å². The fourth-order valence-electron chi connectivity index (χ4n) is 1.24. The van der Waals surface area contributed by atoms with Crippen molar-refractivity contribution in [1.29, 1.82) is 0 Å². The molecule has 1 aromatic heterocycles. The van der Waals surface area contributed by atoms with Crippen LogP contribution in [0.2, 0.25) is 0 Å². The Morgan fingerprint density at radius 1 is 1.40 bits per heavy atom. The molecule has 0 unspecified atom stereocenters. The third kappa shape index (κ3) is 4.65. The van der Waals surface area contributed by atoms with Crippen LogP contribution in [0, 0.1) is 0 Å². The van der Waals surface area contributed by atoms with E-state index in [1.54, 1.807) is 7.11 Å². The first-order valence-corrected chi connectivity index (χ1v) is 5.12. The molecule has 0 atom stereocenters. The summed E-state index contributed by atoms with van der Waals surface area (Å²) in [5.41, 5.74) is 0. The first kappa shape index (κ1) is 11.8. The molecule has 0 aliphatic carbocycles. The quantitative estimate of drug-likeness (QED) is 0.720. The molecule has 0 fully saturated rings. The summed E-state index contributed by atoms with van der Waals surface area (Å²) in [5.74, 6) is 1.51. The maximum absolute atomic E-state index is 5.04. The molecule has 0 aliphatic heterocycles. The van der Waals surface area contributed by atoms with E-state index in [2.05, 4.69) is 29.3 Å². The summed E-state index contributed by atoms with van der Waals surface area (Å²) in [5, 5.41) is 3.26. The Bertz CT molecular complexity index is 289. The molecule has 0 aromatic carbocycles. The molecule has 1 heterocycles. The van der Waals surface area contributed by atoms with Crippen LogP contribution in [0.4, 0.5) is 5.82 Å². The van der Waals surface area contributed by atoms with Crippen molar-refractivity contribution in [3.05, 3.63) is 18.2 Å². The van der Waals surface area contributed by atoms with Gasteiger partial charge in [-0.15, -0.1) is 0 Å². The molecule has 1 aromatic rings. The smallest absolute Gasteiger partial charge is 0.214 e. The highest BCUT2D eigenvalue weighted by atomic mass is 16.5. The van der Waals surface area contributed by atoms with Gasteiger partial charge in [0.25, 0.3) is 0 Å². The molecule has 0 aliphatic rings. The molecule has 0 saturated carbocycles. The molecule has 1 N–H and O–H groups in total. The highest BCUT2D eigenvalue weighted by molar-refractivity contribution is 5.36. The summed E-state index contributed by atoms with van der Waals surface area (Å²) in [6.45, 7) is 2.01. The summed E-state index contributed by atoms with van der Waals surface area (Å²) >= 11 is 0. The minimum atomic E-state index is 0.646. The maximum atomic E-state index is 5.04. The first-order valence-electron chi connectivity index (χ1n) is 5.12. The Morgan fingerprint density at radius 2 is 2.20 bits per heavy atom. The van der Waals surface area contributed by atoms with Crippen LogP contribution in [0.1, 0.15) is 6.42 Å². The molecule has 4 heteroatoms. The summed E-state index contributed by atoms with van der Waals surface area (Å²) in [7, 11) is 5.77. The first-order chi connectivity index (χ1) is 7.22. The van der Waals surface area contributed by atoms with Crippen LogP contribution < -0.4 is 10.1 Å². The van der Waals surface area contributed by atoms with Gasteiger partial charge >= 0.3 is 0 Å². The Hall–Kier alpha value is -1.29. The molecule has 4 nitrogen and oxygen atoms in total. The number of nitrogens with zero attached hydrogens (tertiary/aromatic N) is 2. The number of anilines is 1. The SMILES string of the molecule is COc1cccc(NCCCN(C)C)n1. The van der Waals surface area contributed by atoms with Crippen LogP contribution in [0.15, 0.2) is 18.2 Å². The lowest BCUT2D eigenvalue weighted by Gasteiger charge is -2.10. The van der Waals surface area contributed by atoms with Crippen LogP contribution in [0.25, 0.3) is 0 Å². The minimum absolute atomic E-state index is 0.646. The average Bonchev–Trinajstić information content (AvgIpc) is 2.24. The van der Waals surface area contributed by atoms with Crippen molar-refractivity contribution < 1.29 is 4.74 Å². The Balaban J connectivity index is 2.30. The molecular formula is C11H19N3O. The zero-order chi connectivity index (χ0) is 11.1. The Kier molecular flexibility index (Phi) is 4.90. The van der Waals surface area contributed by atoms with E-state index in [4.69, 9.17) is 4.74 Å². The molecule has 1 rings (SSSR count). The average molecular weight is 209 g/mol. The van der Waals surface area contributed by atoms with E-state index in [9.17, 15) is 0 Å². The number of aromatic nitrogens is 1. The van der Waals surface area contributed by atoms with Crippen LogP contribution in [0.3, 0.4) is 0 Å². The van der Waals surface area contributed by atoms with Gasteiger partial charge in [0, 0.05) is 12.6 Å². The van der Waals surface area contributed by atoms with Gasteiger partial charge in [-0.25, -0.2) is 0 Å². The molecule has 0 saturated heterocycles. The van der Waals surface area contributed by atoms with E-state index in [0.717, 1.165) is 25.3 Å². The molecular weight excluding hydrogens is 190 g/mol. The van der Waals surface area contributed by atoms with Gasteiger partial charge in [-0.1, -0.05) is 6.07 Å². The zero-order valence-electron chi connectivity index (χ0n) is 9.66. The lowest BCUT2D eigenvalue weighted by molar-refractivity contribution is 0.397. The van der Waals surface area contributed by atoms with E-state index in [1.165, 1.54) is 0 Å². The second kappa shape index (κ2) is 6.24. The topological polar surface area (TPSA) is 37.4 Å². The lowest BCUT2D eigenvalue weighted by Crippen LogP contribution is -2.16.